The number of hydrogen-bond acceptors (Lipinski definition) is 4. The number of nitrogens with zero attached hydrogens (tertiary/aromatic N) is 2. The normalized spacial score (nSPS) is 22.7. The Morgan fingerprint density at radius 3 is 2.94 bits per heavy atom. The molecule has 2 N–H and O–H groups in total. The van der Waals surface area contributed by atoms with Crippen molar-refractivity contribution in [3.05, 3.63) is 46.1 Å². The summed E-state index contributed by atoms with van der Waals surface area (Å²) in [4.78, 5) is 31.8. The molecule has 0 saturated carbocycles. The number of nitrogens with one attached hydrogen (secondary N) is 2. The van der Waals surface area contributed by atoms with Crippen LogP contribution in [-0.2, 0) is 16.0 Å². The number of fused-ring (bicyclic) bond motifs is 5. The van der Waals surface area contributed by atoms with Crippen molar-refractivity contribution >= 4 is 40.0 Å². The van der Waals surface area contributed by atoms with E-state index < -0.39 is 6.04 Å². The van der Waals surface area contributed by atoms with Gasteiger partial charge in [-0.15, -0.1) is 0 Å². The highest BCUT2D eigenvalue weighted by molar-refractivity contribution is 6.31. The molecular formula is C26H31ClN4O2. The van der Waals surface area contributed by atoms with Crippen LogP contribution in [0.5, 0.6) is 0 Å². The second-order valence-electron chi connectivity index (χ2n) is 9.63. The molecule has 1 saturated heterocycles. The Morgan fingerprint density at radius 2 is 2.18 bits per heavy atom. The van der Waals surface area contributed by atoms with Gasteiger partial charge in [-0.2, -0.15) is 0 Å². The summed E-state index contributed by atoms with van der Waals surface area (Å²) in [7, 11) is 0. The van der Waals surface area contributed by atoms with Crippen LogP contribution in [0, 0.1) is 5.92 Å². The number of pyridine rings is 1. The fourth-order valence-electron chi connectivity index (χ4n) is 5.96. The minimum atomic E-state index is -0.407. The second-order valence-corrected chi connectivity index (χ2v) is 10.1. The van der Waals surface area contributed by atoms with E-state index in [0.717, 1.165) is 48.0 Å². The number of carbonyl (C=O) groups is 2. The predicted octanol–water partition coefficient (Wildman–Crippen LogP) is 4.77. The molecular weight excluding hydrogens is 436 g/mol. The molecule has 3 unspecified atom stereocenters. The number of halogens is 1. The Bertz CT molecular complexity index is 1140. The van der Waals surface area contributed by atoms with Gasteiger partial charge in [-0.1, -0.05) is 30.2 Å². The third kappa shape index (κ3) is 4.21. The Morgan fingerprint density at radius 1 is 1.33 bits per heavy atom. The monoisotopic (exact) mass is 466 g/mol. The summed E-state index contributed by atoms with van der Waals surface area (Å²) in [5.74, 6) is 0.940. The van der Waals surface area contributed by atoms with Crippen LogP contribution in [0.1, 0.15) is 63.1 Å². The summed E-state index contributed by atoms with van der Waals surface area (Å²) in [6.45, 7) is 5.14. The van der Waals surface area contributed by atoms with Crippen LogP contribution in [0.15, 0.2) is 29.8 Å². The molecule has 33 heavy (non-hydrogen) atoms. The molecule has 7 heteroatoms. The minimum absolute atomic E-state index is 0.0753. The Hall–Kier alpha value is -2.60. The first-order valence-corrected chi connectivity index (χ1v) is 12.4. The van der Waals surface area contributed by atoms with E-state index in [1.54, 1.807) is 4.90 Å². The largest absolute Gasteiger partial charge is 0.367 e. The van der Waals surface area contributed by atoms with Crippen molar-refractivity contribution < 1.29 is 9.59 Å². The van der Waals surface area contributed by atoms with Crippen LogP contribution >= 0.6 is 11.6 Å². The van der Waals surface area contributed by atoms with E-state index in [1.807, 2.05) is 25.1 Å². The molecule has 174 valence electrons. The van der Waals surface area contributed by atoms with Crippen molar-refractivity contribution in [2.75, 3.05) is 18.5 Å². The predicted molar refractivity (Wildman–Crippen MR) is 131 cm³/mol. The fourth-order valence-corrected chi connectivity index (χ4v) is 6.13. The highest BCUT2D eigenvalue weighted by Gasteiger charge is 2.34. The molecule has 2 aromatic rings. The average molecular weight is 467 g/mol. The van der Waals surface area contributed by atoms with Gasteiger partial charge < -0.3 is 15.5 Å². The maximum absolute atomic E-state index is 12.9. The molecule has 6 nitrogen and oxygen atoms in total. The van der Waals surface area contributed by atoms with Crippen molar-refractivity contribution in [1.82, 2.24) is 15.2 Å². The molecule has 2 amide bonds. The summed E-state index contributed by atoms with van der Waals surface area (Å²) < 4.78 is 0. The van der Waals surface area contributed by atoms with Gasteiger partial charge in [0.15, 0.2) is 0 Å². The molecule has 0 radical (unpaired) electrons. The molecule has 2 heterocycles. The first kappa shape index (κ1) is 22.2. The summed E-state index contributed by atoms with van der Waals surface area (Å²) in [5, 5.41) is 8.25. The van der Waals surface area contributed by atoms with Gasteiger partial charge in [0, 0.05) is 34.6 Å². The number of aromatic nitrogens is 1. The van der Waals surface area contributed by atoms with E-state index in [0.29, 0.717) is 42.9 Å². The molecule has 1 fully saturated rings. The molecule has 2 bridgehead atoms. The zero-order valence-electron chi connectivity index (χ0n) is 19.3. The first-order valence-electron chi connectivity index (χ1n) is 12.0. The molecule has 0 spiro atoms. The van der Waals surface area contributed by atoms with Crippen LogP contribution < -0.4 is 10.6 Å². The average Bonchev–Trinajstić information content (AvgIpc) is 3.18. The highest BCUT2D eigenvalue weighted by Crippen LogP contribution is 2.47. The van der Waals surface area contributed by atoms with Crippen molar-refractivity contribution in [2.24, 2.45) is 5.92 Å². The van der Waals surface area contributed by atoms with Crippen molar-refractivity contribution in [3.63, 3.8) is 0 Å². The van der Waals surface area contributed by atoms with Crippen LogP contribution in [0.25, 0.3) is 10.9 Å². The van der Waals surface area contributed by atoms with Gasteiger partial charge in [0.2, 0.25) is 11.8 Å². The number of hydrogen-bond donors (Lipinski definition) is 2. The Labute approximate surface area is 199 Å². The van der Waals surface area contributed by atoms with Gasteiger partial charge in [0.1, 0.15) is 6.04 Å². The van der Waals surface area contributed by atoms with E-state index in [9.17, 15) is 9.59 Å². The van der Waals surface area contributed by atoms with E-state index in [2.05, 4.69) is 23.6 Å². The van der Waals surface area contributed by atoms with E-state index >= 15 is 0 Å². The standard InChI is InChI=1S/C26H31ClN4O2/c1-3-22(31-8-4-5-23(31)32)26(33)29-14-28-25-19-7-6-18(27)13-20(19)30-21-12-16-9-15(2)10-17(11-16)24(21)25/h6-7,9,13,16-17,22H,3-5,8,10-12,14H2,1-2H3,(H,28,30)(H,29,33). The molecule has 1 aromatic carbocycles. The topological polar surface area (TPSA) is 74.3 Å². The van der Waals surface area contributed by atoms with Crippen LogP contribution in [0.3, 0.4) is 0 Å². The van der Waals surface area contributed by atoms with Crippen LogP contribution in [-0.4, -0.2) is 41.0 Å². The number of benzene rings is 1. The van der Waals surface area contributed by atoms with Gasteiger partial charge in [0.05, 0.1) is 17.9 Å². The molecule has 1 aliphatic heterocycles. The van der Waals surface area contributed by atoms with Crippen molar-refractivity contribution in [1.29, 1.82) is 0 Å². The Balaban J connectivity index is 1.41. The van der Waals surface area contributed by atoms with Crippen LogP contribution in [0.4, 0.5) is 5.69 Å². The lowest BCUT2D eigenvalue weighted by atomic mass is 9.71. The molecule has 3 aliphatic rings. The lowest BCUT2D eigenvalue weighted by molar-refractivity contribution is -0.137. The summed E-state index contributed by atoms with van der Waals surface area (Å²) >= 11 is 6.28. The second kappa shape index (κ2) is 8.98. The number of carbonyl (C=O) groups excluding carboxylic acids is 2. The summed E-state index contributed by atoms with van der Waals surface area (Å²) in [6.07, 6.45) is 7.49. The lowest BCUT2D eigenvalue weighted by Crippen LogP contribution is -2.48. The van der Waals surface area contributed by atoms with Crippen molar-refractivity contribution in [2.45, 2.75) is 64.3 Å². The number of rotatable bonds is 6. The van der Waals surface area contributed by atoms with Gasteiger partial charge in [-0.25, -0.2) is 0 Å². The zero-order chi connectivity index (χ0) is 23.1. The highest BCUT2D eigenvalue weighted by atomic mass is 35.5. The van der Waals surface area contributed by atoms with Crippen LogP contribution in [0.2, 0.25) is 5.02 Å². The first-order chi connectivity index (χ1) is 15.9. The number of likely N-dealkylation sites (tertiary alicyclic amines) is 1. The molecule has 1 aromatic heterocycles. The summed E-state index contributed by atoms with van der Waals surface area (Å²) in [6, 6.07) is 5.42. The number of amides is 2. The third-order valence-electron chi connectivity index (χ3n) is 7.31. The molecule has 2 aliphatic carbocycles. The zero-order valence-corrected chi connectivity index (χ0v) is 20.0. The maximum atomic E-state index is 12.9. The van der Waals surface area contributed by atoms with Crippen molar-refractivity contribution in [3.8, 4) is 0 Å². The quantitative estimate of drug-likeness (QED) is 0.475. The smallest absolute Gasteiger partial charge is 0.244 e. The fraction of sp³-hybridized carbons (Fsp3) is 0.500. The lowest BCUT2D eigenvalue weighted by Gasteiger charge is -2.36. The van der Waals surface area contributed by atoms with Gasteiger partial charge in [0.25, 0.3) is 0 Å². The molecule has 5 rings (SSSR count). The van der Waals surface area contributed by atoms with E-state index in [4.69, 9.17) is 16.6 Å². The number of anilines is 1. The third-order valence-corrected chi connectivity index (χ3v) is 7.54. The van der Waals surface area contributed by atoms with Gasteiger partial charge in [-0.05, 0) is 69.1 Å². The van der Waals surface area contributed by atoms with Gasteiger partial charge in [-0.3, -0.25) is 14.6 Å². The van der Waals surface area contributed by atoms with Gasteiger partial charge >= 0.3 is 0 Å². The SMILES string of the molecule is CCC(C(=O)NCNc1c2c(nc3cc(Cl)ccc13)CC1C=C(C)CC2C1)N1CCCC1=O. The van der Waals surface area contributed by atoms with E-state index in [-0.39, 0.29) is 11.8 Å². The Kier molecular flexibility index (Phi) is 6.04. The number of allylic oxidation sites excluding steroid dienone is 2. The maximum Gasteiger partial charge on any atom is 0.244 e. The summed E-state index contributed by atoms with van der Waals surface area (Å²) in [5.41, 5.74) is 5.79. The molecule has 3 atom stereocenters. The minimum Gasteiger partial charge on any atom is -0.367 e. The van der Waals surface area contributed by atoms with E-state index in [1.165, 1.54) is 11.1 Å².